The molecule has 0 saturated heterocycles. The van der Waals surface area contributed by atoms with Gasteiger partial charge in [0.2, 0.25) is 0 Å². The molecule has 0 atom stereocenters. The fourth-order valence-electron chi connectivity index (χ4n) is 1.98. The van der Waals surface area contributed by atoms with E-state index in [2.05, 4.69) is 14.9 Å². The zero-order chi connectivity index (χ0) is 14.2. The number of hydrogen-bond donors (Lipinski definition) is 3. The van der Waals surface area contributed by atoms with Crippen molar-refractivity contribution in [2.24, 2.45) is 0 Å². The molecular formula is C13H12N4O2S. The maximum absolute atomic E-state index is 12.4. The highest BCUT2D eigenvalue weighted by atomic mass is 32.2. The number of H-pyrrole nitrogens is 1. The summed E-state index contributed by atoms with van der Waals surface area (Å²) in [6.45, 7) is 0. The summed E-state index contributed by atoms with van der Waals surface area (Å²) < 4.78 is 27.3. The minimum absolute atomic E-state index is 0.0560. The van der Waals surface area contributed by atoms with E-state index in [1.807, 2.05) is 6.07 Å². The van der Waals surface area contributed by atoms with Gasteiger partial charge in [-0.15, -0.1) is 0 Å². The first-order valence-electron chi connectivity index (χ1n) is 5.87. The van der Waals surface area contributed by atoms with E-state index in [9.17, 15) is 8.42 Å². The Morgan fingerprint density at radius 1 is 1.10 bits per heavy atom. The fraction of sp³-hybridized carbons (Fsp3) is 0. The van der Waals surface area contributed by atoms with Gasteiger partial charge in [-0.05, 0) is 24.3 Å². The van der Waals surface area contributed by atoms with Crippen molar-refractivity contribution in [3.8, 4) is 0 Å². The molecule has 0 spiro atoms. The Morgan fingerprint density at radius 3 is 2.70 bits per heavy atom. The monoisotopic (exact) mass is 288 g/mol. The Bertz CT molecular complexity index is 871. The van der Waals surface area contributed by atoms with Gasteiger partial charge >= 0.3 is 0 Å². The standard InChI is InChI=1S/C13H12N4O2S/c14-10-4-1-2-7-13(10)20(18,19)17-12-6-3-5-11-9(12)8-15-16-11/h1-8,17H,14H2,(H,15,16). The second-order valence-electron chi connectivity index (χ2n) is 4.28. The lowest BCUT2D eigenvalue weighted by molar-refractivity contribution is 0.601. The number of anilines is 2. The van der Waals surface area contributed by atoms with Crippen LogP contribution >= 0.6 is 0 Å². The SMILES string of the molecule is Nc1ccccc1S(=O)(=O)Nc1cccc2[nH]ncc12. The molecule has 3 rings (SSSR count). The maximum Gasteiger partial charge on any atom is 0.263 e. The largest absolute Gasteiger partial charge is 0.398 e. The Morgan fingerprint density at radius 2 is 1.90 bits per heavy atom. The third-order valence-corrected chi connectivity index (χ3v) is 4.38. The number of sulfonamides is 1. The van der Waals surface area contributed by atoms with Crippen LogP contribution in [-0.2, 0) is 10.0 Å². The average molecular weight is 288 g/mol. The van der Waals surface area contributed by atoms with E-state index in [0.29, 0.717) is 11.1 Å². The molecule has 2 aromatic carbocycles. The van der Waals surface area contributed by atoms with E-state index in [1.54, 1.807) is 36.5 Å². The Labute approximate surface area is 115 Å². The Kier molecular flexibility index (Phi) is 2.83. The zero-order valence-electron chi connectivity index (χ0n) is 10.4. The third kappa shape index (κ3) is 2.08. The second kappa shape index (κ2) is 4.53. The van der Waals surface area contributed by atoms with E-state index in [0.717, 1.165) is 5.52 Å². The quantitative estimate of drug-likeness (QED) is 0.641. The molecule has 0 radical (unpaired) electrons. The summed E-state index contributed by atoms with van der Waals surface area (Å²) in [5.41, 5.74) is 7.14. The van der Waals surface area contributed by atoms with Crippen LogP contribution in [0.2, 0.25) is 0 Å². The van der Waals surface area contributed by atoms with Crippen LogP contribution in [0.5, 0.6) is 0 Å². The number of para-hydroxylation sites is 1. The van der Waals surface area contributed by atoms with E-state index in [-0.39, 0.29) is 10.6 Å². The average Bonchev–Trinajstić information content (AvgIpc) is 2.88. The number of nitrogen functional groups attached to an aromatic ring is 1. The van der Waals surface area contributed by atoms with Crippen molar-refractivity contribution in [2.45, 2.75) is 4.90 Å². The Hall–Kier alpha value is -2.54. The number of nitrogens with two attached hydrogens (primary N) is 1. The van der Waals surface area contributed by atoms with Crippen LogP contribution < -0.4 is 10.5 Å². The smallest absolute Gasteiger partial charge is 0.263 e. The van der Waals surface area contributed by atoms with Crippen molar-refractivity contribution in [1.82, 2.24) is 10.2 Å². The van der Waals surface area contributed by atoms with Crippen LogP contribution in [0.1, 0.15) is 0 Å². The first-order chi connectivity index (χ1) is 9.58. The molecule has 0 bridgehead atoms. The van der Waals surface area contributed by atoms with Gasteiger partial charge in [0.15, 0.2) is 0 Å². The predicted molar refractivity (Wildman–Crippen MR) is 77.8 cm³/mol. The number of aromatic nitrogens is 2. The predicted octanol–water partition coefficient (Wildman–Crippen LogP) is 1.95. The molecular weight excluding hydrogens is 276 g/mol. The van der Waals surface area contributed by atoms with Crippen molar-refractivity contribution in [2.75, 3.05) is 10.5 Å². The van der Waals surface area contributed by atoms with Gasteiger partial charge in [-0.1, -0.05) is 18.2 Å². The summed E-state index contributed by atoms with van der Waals surface area (Å²) in [4.78, 5) is 0.0560. The molecule has 0 amide bonds. The zero-order valence-corrected chi connectivity index (χ0v) is 11.2. The van der Waals surface area contributed by atoms with Crippen molar-refractivity contribution in [3.63, 3.8) is 0 Å². The first kappa shape index (κ1) is 12.5. The van der Waals surface area contributed by atoms with Crippen LogP contribution in [0.15, 0.2) is 53.6 Å². The molecule has 0 aliphatic carbocycles. The van der Waals surface area contributed by atoms with Gasteiger partial charge < -0.3 is 5.73 Å². The van der Waals surface area contributed by atoms with Crippen molar-refractivity contribution >= 4 is 32.3 Å². The summed E-state index contributed by atoms with van der Waals surface area (Å²) in [5, 5.41) is 7.38. The number of aromatic amines is 1. The summed E-state index contributed by atoms with van der Waals surface area (Å²) in [5.74, 6) is 0. The van der Waals surface area contributed by atoms with Gasteiger partial charge in [0.1, 0.15) is 4.90 Å². The van der Waals surface area contributed by atoms with E-state index in [1.165, 1.54) is 6.07 Å². The second-order valence-corrected chi connectivity index (χ2v) is 5.93. The molecule has 0 unspecified atom stereocenters. The molecule has 0 aliphatic rings. The third-order valence-electron chi connectivity index (χ3n) is 2.94. The van der Waals surface area contributed by atoms with E-state index < -0.39 is 10.0 Å². The summed E-state index contributed by atoms with van der Waals surface area (Å²) in [7, 11) is -3.73. The molecule has 1 heterocycles. The van der Waals surface area contributed by atoms with Gasteiger partial charge in [-0.3, -0.25) is 9.82 Å². The van der Waals surface area contributed by atoms with Crippen molar-refractivity contribution in [1.29, 1.82) is 0 Å². The van der Waals surface area contributed by atoms with Crippen LogP contribution in [0.4, 0.5) is 11.4 Å². The molecule has 7 heteroatoms. The van der Waals surface area contributed by atoms with Gasteiger partial charge in [0, 0.05) is 5.39 Å². The number of rotatable bonds is 3. The lowest BCUT2D eigenvalue weighted by Gasteiger charge is -2.10. The normalized spacial score (nSPS) is 11.6. The number of fused-ring (bicyclic) bond motifs is 1. The first-order valence-corrected chi connectivity index (χ1v) is 7.36. The lowest BCUT2D eigenvalue weighted by atomic mass is 10.2. The fourth-order valence-corrected chi connectivity index (χ4v) is 3.20. The van der Waals surface area contributed by atoms with Gasteiger partial charge in [-0.2, -0.15) is 5.10 Å². The minimum Gasteiger partial charge on any atom is -0.398 e. The summed E-state index contributed by atoms with van der Waals surface area (Å²) >= 11 is 0. The molecule has 20 heavy (non-hydrogen) atoms. The number of benzene rings is 2. The molecule has 0 aliphatic heterocycles. The molecule has 1 aromatic heterocycles. The molecule has 0 fully saturated rings. The van der Waals surface area contributed by atoms with E-state index >= 15 is 0 Å². The molecule has 0 saturated carbocycles. The number of hydrogen-bond acceptors (Lipinski definition) is 4. The van der Waals surface area contributed by atoms with E-state index in [4.69, 9.17) is 5.73 Å². The molecule has 4 N–H and O–H groups in total. The highest BCUT2D eigenvalue weighted by Crippen LogP contribution is 2.25. The van der Waals surface area contributed by atoms with Crippen molar-refractivity contribution < 1.29 is 8.42 Å². The van der Waals surface area contributed by atoms with Gasteiger partial charge in [0.25, 0.3) is 10.0 Å². The number of nitrogens with zero attached hydrogens (tertiary/aromatic N) is 1. The minimum atomic E-state index is -3.73. The summed E-state index contributed by atoms with van der Waals surface area (Å²) in [6, 6.07) is 11.6. The van der Waals surface area contributed by atoms with Crippen LogP contribution in [0.25, 0.3) is 10.9 Å². The molecule has 3 aromatic rings. The highest BCUT2D eigenvalue weighted by molar-refractivity contribution is 7.93. The van der Waals surface area contributed by atoms with Crippen molar-refractivity contribution in [3.05, 3.63) is 48.7 Å². The van der Waals surface area contributed by atoms with Crippen LogP contribution in [-0.4, -0.2) is 18.6 Å². The molecule has 6 nitrogen and oxygen atoms in total. The lowest BCUT2D eigenvalue weighted by Crippen LogP contribution is -2.14. The topological polar surface area (TPSA) is 101 Å². The van der Waals surface area contributed by atoms with Gasteiger partial charge in [-0.25, -0.2) is 8.42 Å². The maximum atomic E-state index is 12.4. The van der Waals surface area contributed by atoms with Crippen LogP contribution in [0.3, 0.4) is 0 Å². The Balaban J connectivity index is 2.06. The summed E-state index contributed by atoms with van der Waals surface area (Å²) in [6.07, 6.45) is 1.57. The number of nitrogens with one attached hydrogen (secondary N) is 2. The molecule has 102 valence electrons. The highest BCUT2D eigenvalue weighted by Gasteiger charge is 2.18. The van der Waals surface area contributed by atoms with Gasteiger partial charge in [0.05, 0.1) is 23.1 Å². The van der Waals surface area contributed by atoms with Crippen LogP contribution in [0, 0.1) is 0 Å².